The smallest absolute Gasteiger partial charge is 0.345 e. The third-order valence-electron chi connectivity index (χ3n) is 5.28. The molecule has 0 aliphatic rings. The molecule has 0 unspecified atom stereocenters. The second kappa shape index (κ2) is 9.94. The van der Waals surface area contributed by atoms with Gasteiger partial charge in [-0.1, -0.05) is 23.7 Å². The Kier molecular flexibility index (Phi) is 6.57. The van der Waals surface area contributed by atoms with Gasteiger partial charge in [0.1, 0.15) is 6.33 Å². The van der Waals surface area contributed by atoms with E-state index in [2.05, 4.69) is 34.4 Å². The monoisotopic (exact) mass is 528 g/mol. The molecular weight excluding hydrogens is 508 g/mol. The lowest BCUT2D eigenvalue weighted by Gasteiger charge is -2.15. The topological polar surface area (TPSA) is 119 Å². The number of hydrogen-bond donors (Lipinski definition) is 3. The number of anilines is 3. The number of aromatic nitrogens is 5. The first kappa shape index (κ1) is 23.1. The number of nitrogens with one attached hydrogen (secondary N) is 3. The van der Waals surface area contributed by atoms with Crippen LogP contribution in [0.15, 0.2) is 73.4 Å². The van der Waals surface area contributed by atoms with Crippen molar-refractivity contribution in [2.24, 2.45) is 0 Å². The zero-order chi connectivity index (χ0) is 24.3. The van der Waals surface area contributed by atoms with Gasteiger partial charge in [-0.25, -0.2) is 9.71 Å². The first-order valence-corrected chi connectivity index (χ1v) is 13.2. The van der Waals surface area contributed by atoms with Crippen molar-refractivity contribution >= 4 is 60.8 Å². The van der Waals surface area contributed by atoms with Crippen LogP contribution in [-0.2, 0) is 23.3 Å². The van der Waals surface area contributed by atoms with Gasteiger partial charge in [0.2, 0.25) is 5.13 Å². The molecule has 0 saturated heterocycles. The highest BCUT2D eigenvalue weighted by molar-refractivity contribution is 7.91. The van der Waals surface area contributed by atoms with E-state index in [0.717, 1.165) is 45.6 Å². The minimum atomic E-state index is -3.98. The Morgan fingerprint density at radius 3 is 2.69 bits per heavy atom. The van der Waals surface area contributed by atoms with Gasteiger partial charge in [-0.3, -0.25) is 0 Å². The Labute approximate surface area is 210 Å². The predicted molar refractivity (Wildman–Crippen MR) is 139 cm³/mol. The van der Waals surface area contributed by atoms with Crippen LogP contribution in [-0.4, -0.2) is 38.1 Å². The second-order valence-corrected chi connectivity index (χ2v) is 10.3. The zero-order valence-corrected chi connectivity index (χ0v) is 20.7. The van der Waals surface area contributed by atoms with Crippen molar-refractivity contribution in [1.82, 2.24) is 23.1 Å². The molecule has 0 spiro atoms. The molecule has 35 heavy (non-hydrogen) atoms. The summed E-state index contributed by atoms with van der Waals surface area (Å²) in [5, 5.41) is 12.4. The third kappa shape index (κ3) is 5.24. The summed E-state index contributed by atoms with van der Waals surface area (Å²) in [7, 11) is -3.98. The zero-order valence-electron chi connectivity index (χ0n) is 18.3. The van der Waals surface area contributed by atoms with Crippen LogP contribution < -0.4 is 15.4 Å². The van der Waals surface area contributed by atoms with Crippen LogP contribution in [0.2, 0.25) is 5.02 Å². The number of benzene rings is 2. The van der Waals surface area contributed by atoms with E-state index in [1.807, 2.05) is 48.8 Å². The molecule has 0 amide bonds. The van der Waals surface area contributed by atoms with E-state index in [-0.39, 0.29) is 5.13 Å². The van der Waals surface area contributed by atoms with Crippen LogP contribution in [0.25, 0.3) is 10.9 Å². The average Bonchev–Trinajstić information content (AvgIpc) is 3.60. The minimum Gasteiger partial charge on any atom is -0.383 e. The van der Waals surface area contributed by atoms with Crippen LogP contribution in [0.1, 0.15) is 5.56 Å². The van der Waals surface area contributed by atoms with Crippen molar-refractivity contribution in [2.75, 3.05) is 21.9 Å². The number of hydrogen-bond acceptors (Lipinski definition) is 8. The van der Waals surface area contributed by atoms with Crippen molar-refractivity contribution in [3.05, 3.63) is 84.0 Å². The maximum atomic E-state index is 12.8. The number of fused-ring (bicyclic) bond motifs is 1. The molecule has 3 N–H and O–H groups in total. The summed E-state index contributed by atoms with van der Waals surface area (Å²) in [4.78, 5) is 3.87. The molecule has 0 radical (unpaired) electrons. The fourth-order valence-corrected chi connectivity index (χ4v) is 5.52. The van der Waals surface area contributed by atoms with E-state index in [1.54, 1.807) is 12.1 Å². The van der Waals surface area contributed by atoms with Gasteiger partial charge in [0, 0.05) is 65.3 Å². The summed E-state index contributed by atoms with van der Waals surface area (Å²) in [6.07, 6.45) is 6.85. The highest BCUT2D eigenvalue weighted by Gasteiger charge is 2.20. The Balaban J connectivity index is 1.33. The highest BCUT2D eigenvalue weighted by atomic mass is 35.5. The number of rotatable bonds is 10. The molecule has 0 fully saturated rings. The molecule has 0 aliphatic heterocycles. The summed E-state index contributed by atoms with van der Waals surface area (Å²) in [5.41, 5.74) is 3.15. The minimum absolute atomic E-state index is 0.169. The normalized spacial score (nSPS) is 11.6. The van der Waals surface area contributed by atoms with E-state index in [4.69, 9.17) is 11.6 Å². The van der Waals surface area contributed by atoms with Crippen molar-refractivity contribution in [3.63, 3.8) is 0 Å². The summed E-state index contributed by atoms with van der Waals surface area (Å²) in [6, 6.07) is 15.1. The summed E-state index contributed by atoms with van der Waals surface area (Å²) in [6.45, 7) is 2.07. The van der Waals surface area contributed by atoms with Crippen LogP contribution in [0.3, 0.4) is 0 Å². The number of halogens is 1. The first-order chi connectivity index (χ1) is 17.0. The van der Waals surface area contributed by atoms with Gasteiger partial charge >= 0.3 is 10.2 Å². The SMILES string of the molecule is O=S(=O)(Nc1ncns1)n1ncc2c(NCc3ccc(Cl)cc3NCCn3cccc3)cccc21. The van der Waals surface area contributed by atoms with Gasteiger partial charge in [-0.05, 0) is 42.0 Å². The Morgan fingerprint density at radius 1 is 1.03 bits per heavy atom. The summed E-state index contributed by atoms with van der Waals surface area (Å²) < 4.78 is 34.9. The maximum absolute atomic E-state index is 12.8. The second-order valence-electron chi connectivity index (χ2n) is 7.58. The van der Waals surface area contributed by atoms with E-state index in [0.29, 0.717) is 22.5 Å². The van der Waals surface area contributed by atoms with Crippen molar-refractivity contribution < 1.29 is 8.42 Å². The maximum Gasteiger partial charge on any atom is 0.345 e. The van der Waals surface area contributed by atoms with Gasteiger partial charge in [0.05, 0.1) is 11.7 Å². The molecule has 5 aromatic rings. The largest absolute Gasteiger partial charge is 0.383 e. The van der Waals surface area contributed by atoms with E-state index >= 15 is 0 Å². The molecule has 13 heteroatoms. The highest BCUT2D eigenvalue weighted by Crippen LogP contribution is 2.27. The molecule has 2 aromatic carbocycles. The molecule has 180 valence electrons. The Bertz CT molecular complexity index is 1530. The lowest BCUT2D eigenvalue weighted by molar-refractivity contribution is 0.588. The molecule has 5 rings (SSSR count). The van der Waals surface area contributed by atoms with E-state index < -0.39 is 10.2 Å². The molecule has 0 atom stereocenters. The molecule has 3 aromatic heterocycles. The van der Waals surface area contributed by atoms with Gasteiger partial charge in [-0.15, -0.1) is 4.09 Å². The van der Waals surface area contributed by atoms with Crippen molar-refractivity contribution in [2.45, 2.75) is 13.1 Å². The van der Waals surface area contributed by atoms with Crippen LogP contribution in [0.4, 0.5) is 16.5 Å². The fraction of sp³-hybridized carbons (Fsp3) is 0.136. The third-order valence-corrected chi connectivity index (χ3v) is 7.42. The van der Waals surface area contributed by atoms with Crippen molar-refractivity contribution in [1.29, 1.82) is 0 Å². The van der Waals surface area contributed by atoms with Crippen LogP contribution in [0, 0.1) is 0 Å². The van der Waals surface area contributed by atoms with E-state index in [1.165, 1.54) is 12.5 Å². The lowest BCUT2D eigenvalue weighted by atomic mass is 10.1. The quantitative estimate of drug-likeness (QED) is 0.247. The van der Waals surface area contributed by atoms with Crippen molar-refractivity contribution in [3.8, 4) is 0 Å². The molecule has 0 aliphatic carbocycles. The molecule has 0 saturated carbocycles. The van der Waals surface area contributed by atoms with Crippen LogP contribution >= 0.6 is 23.1 Å². The predicted octanol–water partition coefficient (Wildman–Crippen LogP) is 4.27. The van der Waals surface area contributed by atoms with Gasteiger partial charge in [0.15, 0.2) is 0 Å². The Morgan fingerprint density at radius 2 is 1.89 bits per heavy atom. The van der Waals surface area contributed by atoms with Crippen LogP contribution in [0.5, 0.6) is 0 Å². The molecule has 10 nitrogen and oxygen atoms in total. The molecule has 0 bridgehead atoms. The van der Waals surface area contributed by atoms with E-state index in [9.17, 15) is 8.42 Å². The van der Waals surface area contributed by atoms with Gasteiger partial charge in [0.25, 0.3) is 0 Å². The average molecular weight is 529 g/mol. The Hall–Kier alpha value is -3.61. The standard InChI is InChI=1S/C22H21ClN8O2S2/c23-17-7-6-16(20(12-17)24-8-11-30-9-1-2-10-30)13-25-19-4-3-5-21-18(19)14-27-31(21)35(32,33)29-22-26-15-28-34-22/h1-7,9-10,12,14-15,24-25H,8,11,13H2,(H,26,28,29). The number of nitrogens with zero attached hydrogens (tertiary/aromatic N) is 5. The summed E-state index contributed by atoms with van der Waals surface area (Å²) in [5.74, 6) is 0. The fourth-order valence-electron chi connectivity index (χ4n) is 3.64. The molecule has 3 heterocycles. The molecular formula is C22H21ClN8O2S2. The lowest BCUT2D eigenvalue weighted by Crippen LogP contribution is -2.22. The first-order valence-electron chi connectivity index (χ1n) is 10.6. The summed E-state index contributed by atoms with van der Waals surface area (Å²) >= 11 is 7.19. The van der Waals surface area contributed by atoms with Gasteiger partial charge < -0.3 is 15.2 Å². The van der Waals surface area contributed by atoms with Gasteiger partial charge in [-0.2, -0.15) is 17.9 Å².